The molecule has 2 nitrogen and oxygen atoms in total. The molecule has 2 N–H and O–H groups in total. The van der Waals surface area contributed by atoms with E-state index < -0.39 is 0 Å². The normalized spacial score (nSPS) is 11.4. The van der Waals surface area contributed by atoms with Gasteiger partial charge in [0.1, 0.15) is 11.5 Å². The third-order valence-electron chi connectivity index (χ3n) is 2.88. The first-order chi connectivity index (χ1) is 8.86. The van der Waals surface area contributed by atoms with Crippen LogP contribution in [0.2, 0.25) is 0 Å². The molecule has 0 heterocycles. The summed E-state index contributed by atoms with van der Waals surface area (Å²) in [4.78, 5) is 0. The molecule has 0 saturated carbocycles. The minimum absolute atomic E-state index is 0.109. The average Bonchev–Trinajstić information content (AvgIpc) is 2.32. The maximum atomic E-state index is 5.90. The second-order valence-electron chi connectivity index (χ2n) is 5.57. The van der Waals surface area contributed by atoms with Gasteiger partial charge in [0.15, 0.2) is 0 Å². The summed E-state index contributed by atoms with van der Waals surface area (Å²) < 4.78 is 6.75. The maximum Gasteiger partial charge on any atom is 0.141 e. The van der Waals surface area contributed by atoms with Crippen molar-refractivity contribution in [1.82, 2.24) is 0 Å². The summed E-state index contributed by atoms with van der Waals surface area (Å²) in [6, 6.07) is 13.7. The summed E-state index contributed by atoms with van der Waals surface area (Å²) in [7, 11) is 0. The Morgan fingerprint density at radius 3 is 2.42 bits per heavy atom. The van der Waals surface area contributed by atoms with E-state index in [9.17, 15) is 0 Å². The number of nitrogens with two attached hydrogens (primary N) is 1. The van der Waals surface area contributed by atoms with Crippen LogP contribution in [0.5, 0.6) is 11.5 Å². The van der Waals surface area contributed by atoms with Gasteiger partial charge in [-0.1, -0.05) is 32.9 Å². The van der Waals surface area contributed by atoms with Crippen molar-refractivity contribution in [1.29, 1.82) is 0 Å². The second-order valence-corrected chi connectivity index (χ2v) is 6.42. The zero-order valence-corrected chi connectivity index (χ0v) is 13.0. The van der Waals surface area contributed by atoms with Crippen molar-refractivity contribution in [2.24, 2.45) is 0 Å². The van der Waals surface area contributed by atoms with Crippen LogP contribution in [0.1, 0.15) is 26.3 Å². The first kappa shape index (κ1) is 13.9. The highest BCUT2D eigenvalue weighted by Gasteiger charge is 2.14. The van der Waals surface area contributed by atoms with E-state index in [4.69, 9.17) is 10.5 Å². The van der Waals surface area contributed by atoms with Crippen molar-refractivity contribution in [3.05, 3.63) is 52.5 Å². The van der Waals surface area contributed by atoms with E-state index in [0.29, 0.717) is 5.69 Å². The van der Waals surface area contributed by atoms with Crippen LogP contribution in [0.3, 0.4) is 0 Å². The molecule has 0 aromatic heterocycles. The maximum absolute atomic E-state index is 5.90. The standard InChI is InChI=1S/C16H18BrNO/c1-16(2,3)11-5-4-6-13(9-11)19-15-8-7-12(18)10-14(15)17/h4-10H,18H2,1-3H3. The molecule has 0 atom stereocenters. The highest BCUT2D eigenvalue weighted by Crippen LogP contribution is 2.33. The molecule has 19 heavy (non-hydrogen) atoms. The van der Waals surface area contributed by atoms with E-state index in [1.807, 2.05) is 30.3 Å². The van der Waals surface area contributed by atoms with Gasteiger partial charge in [0.25, 0.3) is 0 Å². The summed E-state index contributed by atoms with van der Waals surface area (Å²) >= 11 is 3.46. The minimum Gasteiger partial charge on any atom is -0.456 e. The van der Waals surface area contributed by atoms with E-state index in [1.54, 1.807) is 0 Å². The van der Waals surface area contributed by atoms with E-state index >= 15 is 0 Å². The molecule has 100 valence electrons. The molecule has 0 amide bonds. The predicted molar refractivity (Wildman–Crippen MR) is 83.8 cm³/mol. The van der Waals surface area contributed by atoms with Crippen LogP contribution in [0.25, 0.3) is 0 Å². The van der Waals surface area contributed by atoms with Crippen LogP contribution < -0.4 is 10.5 Å². The van der Waals surface area contributed by atoms with Gasteiger partial charge in [0.05, 0.1) is 4.47 Å². The number of hydrogen-bond donors (Lipinski definition) is 1. The Kier molecular flexibility index (Phi) is 3.85. The summed E-state index contributed by atoms with van der Waals surface area (Å²) in [6.45, 7) is 6.56. The van der Waals surface area contributed by atoms with E-state index in [-0.39, 0.29) is 5.41 Å². The Morgan fingerprint density at radius 1 is 1.05 bits per heavy atom. The molecule has 0 spiro atoms. The molecule has 0 aliphatic carbocycles. The lowest BCUT2D eigenvalue weighted by Gasteiger charge is -2.19. The number of nitrogen functional groups attached to an aromatic ring is 1. The van der Waals surface area contributed by atoms with E-state index in [0.717, 1.165) is 16.0 Å². The fourth-order valence-corrected chi connectivity index (χ4v) is 2.23. The number of rotatable bonds is 2. The molecule has 0 bridgehead atoms. The van der Waals surface area contributed by atoms with Crippen molar-refractivity contribution >= 4 is 21.6 Å². The topological polar surface area (TPSA) is 35.2 Å². The lowest BCUT2D eigenvalue weighted by Crippen LogP contribution is -2.10. The molecule has 0 saturated heterocycles. The molecule has 0 unspecified atom stereocenters. The molecule has 0 radical (unpaired) electrons. The fourth-order valence-electron chi connectivity index (χ4n) is 1.75. The van der Waals surface area contributed by atoms with Crippen LogP contribution >= 0.6 is 15.9 Å². The third kappa shape index (κ3) is 3.51. The van der Waals surface area contributed by atoms with Crippen LogP contribution in [0, 0.1) is 0 Å². The van der Waals surface area contributed by atoms with E-state index in [1.165, 1.54) is 5.56 Å². The largest absolute Gasteiger partial charge is 0.456 e. The number of ether oxygens (including phenoxy) is 1. The molecule has 3 heteroatoms. The van der Waals surface area contributed by atoms with Crippen LogP contribution in [-0.4, -0.2) is 0 Å². The van der Waals surface area contributed by atoms with E-state index in [2.05, 4.69) is 48.8 Å². The number of benzene rings is 2. The van der Waals surface area contributed by atoms with Gasteiger partial charge in [-0.3, -0.25) is 0 Å². The first-order valence-corrected chi connectivity index (χ1v) is 6.99. The van der Waals surface area contributed by atoms with Crippen molar-refractivity contribution in [2.45, 2.75) is 26.2 Å². The quantitative estimate of drug-likeness (QED) is 0.779. The van der Waals surface area contributed by atoms with Crippen molar-refractivity contribution in [3.8, 4) is 11.5 Å². The SMILES string of the molecule is CC(C)(C)c1cccc(Oc2ccc(N)cc2Br)c1. The van der Waals surface area contributed by atoms with Gasteiger partial charge < -0.3 is 10.5 Å². The molecule has 2 aromatic rings. The Balaban J connectivity index is 2.29. The number of halogens is 1. The summed E-state index contributed by atoms with van der Waals surface area (Å²) in [6.07, 6.45) is 0. The number of hydrogen-bond acceptors (Lipinski definition) is 2. The van der Waals surface area contributed by atoms with Crippen LogP contribution in [0.15, 0.2) is 46.9 Å². The molecular weight excluding hydrogens is 302 g/mol. The fraction of sp³-hybridized carbons (Fsp3) is 0.250. The molecule has 0 aliphatic rings. The van der Waals surface area contributed by atoms with Crippen molar-refractivity contribution < 1.29 is 4.74 Å². The summed E-state index contributed by atoms with van der Waals surface area (Å²) in [5, 5.41) is 0. The van der Waals surface area contributed by atoms with Crippen molar-refractivity contribution in [3.63, 3.8) is 0 Å². The molecule has 2 rings (SSSR count). The van der Waals surface area contributed by atoms with Gasteiger partial charge in [-0.2, -0.15) is 0 Å². The third-order valence-corrected chi connectivity index (χ3v) is 3.50. The van der Waals surface area contributed by atoms with Gasteiger partial charge in [-0.25, -0.2) is 0 Å². The Bertz CT molecular complexity index is 588. The smallest absolute Gasteiger partial charge is 0.141 e. The number of anilines is 1. The first-order valence-electron chi connectivity index (χ1n) is 6.20. The Labute approximate surface area is 122 Å². The van der Waals surface area contributed by atoms with Gasteiger partial charge in [-0.15, -0.1) is 0 Å². The summed E-state index contributed by atoms with van der Waals surface area (Å²) in [5.41, 5.74) is 7.78. The summed E-state index contributed by atoms with van der Waals surface area (Å²) in [5.74, 6) is 1.60. The van der Waals surface area contributed by atoms with Crippen LogP contribution in [-0.2, 0) is 5.41 Å². The highest BCUT2D eigenvalue weighted by atomic mass is 79.9. The zero-order valence-electron chi connectivity index (χ0n) is 11.4. The Morgan fingerprint density at radius 2 is 1.79 bits per heavy atom. The second kappa shape index (κ2) is 5.25. The predicted octanol–water partition coefficient (Wildman–Crippen LogP) is 5.12. The molecule has 0 fully saturated rings. The molecule has 2 aromatic carbocycles. The zero-order chi connectivity index (χ0) is 14.0. The van der Waals surface area contributed by atoms with Gasteiger partial charge in [0.2, 0.25) is 0 Å². The van der Waals surface area contributed by atoms with Gasteiger partial charge in [0, 0.05) is 5.69 Å². The molecule has 0 aliphatic heterocycles. The average molecular weight is 320 g/mol. The lowest BCUT2D eigenvalue weighted by molar-refractivity contribution is 0.476. The van der Waals surface area contributed by atoms with Gasteiger partial charge in [-0.05, 0) is 57.2 Å². The lowest BCUT2D eigenvalue weighted by atomic mass is 9.87. The van der Waals surface area contributed by atoms with Crippen molar-refractivity contribution in [2.75, 3.05) is 5.73 Å². The van der Waals surface area contributed by atoms with Gasteiger partial charge >= 0.3 is 0 Å². The minimum atomic E-state index is 0.109. The highest BCUT2D eigenvalue weighted by molar-refractivity contribution is 9.10. The Hall–Kier alpha value is -1.48. The van der Waals surface area contributed by atoms with Crippen LogP contribution in [0.4, 0.5) is 5.69 Å². The monoisotopic (exact) mass is 319 g/mol. The molecular formula is C16H18BrNO.